The van der Waals surface area contributed by atoms with Crippen LogP contribution in [0, 0.1) is 11.8 Å². The first kappa shape index (κ1) is 12.4. The zero-order valence-corrected chi connectivity index (χ0v) is 9.00. The maximum atomic E-state index is 11.5. The maximum Gasteiger partial charge on any atom is 0.138 e. The molecular formula is C11H20O2. The van der Waals surface area contributed by atoms with Crippen molar-refractivity contribution >= 4 is 5.78 Å². The van der Waals surface area contributed by atoms with Crippen molar-refractivity contribution in [3.05, 3.63) is 12.2 Å². The van der Waals surface area contributed by atoms with Crippen LogP contribution in [0.3, 0.4) is 0 Å². The number of carbonyl (C=O) groups is 1. The average Bonchev–Trinajstić information content (AvgIpc) is 2.00. The highest BCUT2D eigenvalue weighted by molar-refractivity contribution is 5.81. The summed E-state index contributed by atoms with van der Waals surface area (Å²) >= 11 is 0. The Morgan fingerprint density at radius 1 is 1.38 bits per heavy atom. The minimum Gasteiger partial charge on any atom is -0.388 e. The summed E-state index contributed by atoms with van der Waals surface area (Å²) in [6.07, 6.45) is -0.155. The molecule has 0 aromatic heterocycles. The normalized spacial score (nSPS) is 15.5. The van der Waals surface area contributed by atoms with Crippen molar-refractivity contribution in [2.75, 3.05) is 0 Å². The molecule has 0 bridgehead atoms. The SMILES string of the molecule is C=C(C)[C@@H](O)[C@H](C)C(=O)CC(C)C. The van der Waals surface area contributed by atoms with E-state index in [1.807, 2.05) is 13.8 Å². The lowest BCUT2D eigenvalue weighted by molar-refractivity contribution is -0.125. The monoisotopic (exact) mass is 184 g/mol. The van der Waals surface area contributed by atoms with Crippen LogP contribution in [-0.4, -0.2) is 17.0 Å². The van der Waals surface area contributed by atoms with Crippen LogP contribution in [0.2, 0.25) is 0 Å². The molecule has 0 rings (SSSR count). The van der Waals surface area contributed by atoms with Gasteiger partial charge in [-0.05, 0) is 12.8 Å². The van der Waals surface area contributed by atoms with Crippen molar-refractivity contribution in [1.82, 2.24) is 0 Å². The Morgan fingerprint density at radius 2 is 1.85 bits per heavy atom. The molecule has 0 aliphatic rings. The molecule has 2 atom stereocenters. The molecule has 0 spiro atoms. The van der Waals surface area contributed by atoms with Crippen LogP contribution in [0.5, 0.6) is 0 Å². The van der Waals surface area contributed by atoms with Gasteiger partial charge < -0.3 is 5.11 Å². The Bertz CT molecular complexity index is 194. The predicted molar refractivity (Wildman–Crippen MR) is 54.4 cm³/mol. The van der Waals surface area contributed by atoms with Crippen molar-refractivity contribution in [2.24, 2.45) is 11.8 Å². The van der Waals surface area contributed by atoms with E-state index in [4.69, 9.17) is 0 Å². The summed E-state index contributed by atoms with van der Waals surface area (Å²) in [6.45, 7) is 11.1. The molecule has 0 unspecified atom stereocenters. The summed E-state index contributed by atoms with van der Waals surface area (Å²) in [5.74, 6) is 0.151. The molecule has 0 radical (unpaired) electrons. The van der Waals surface area contributed by atoms with Crippen molar-refractivity contribution in [3.63, 3.8) is 0 Å². The van der Waals surface area contributed by atoms with Crippen molar-refractivity contribution in [2.45, 2.75) is 40.2 Å². The Balaban J connectivity index is 4.17. The number of Topliss-reactive ketones (excluding diaryl/α,β-unsaturated/α-hetero) is 1. The van der Waals surface area contributed by atoms with Crippen LogP contribution >= 0.6 is 0 Å². The fourth-order valence-corrected chi connectivity index (χ4v) is 1.19. The van der Waals surface area contributed by atoms with Gasteiger partial charge in [0.05, 0.1) is 6.10 Å². The lowest BCUT2D eigenvalue weighted by Gasteiger charge is -2.18. The maximum absolute atomic E-state index is 11.5. The smallest absolute Gasteiger partial charge is 0.138 e. The molecule has 0 aromatic carbocycles. The Labute approximate surface area is 80.7 Å². The van der Waals surface area contributed by atoms with Gasteiger partial charge in [0.25, 0.3) is 0 Å². The summed E-state index contributed by atoms with van der Waals surface area (Å²) < 4.78 is 0. The largest absolute Gasteiger partial charge is 0.388 e. The molecule has 2 heteroatoms. The minimum absolute atomic E-state index is 0.116. The number of rotatable bonds is 5. The molecule has 1 N–H and O–H groups in total. The molecule has 2 nitrogen and oxygen atoms in total. The second kappa shape index (κ2) is 5.18. The van der Waals surface area contributed by atoms with Crippen molar-refractivity contribution in [1.29, 1.82) is 0 Å². The van der Waals surface area contributed by atoms with Crippen LogP contribution in [0.4, 0.5) is 0 Å². The number of hydrogen-bond donors (Lipinski definition) is 1. The number of hydrogen-bond acceptors (Lipinski definition) is 2. The van der Waals surface area contributed by atoms with Gasteiger partial charge in [-0.3, -0.25) is 4.79 Å². The third kappa shape index (κ3) is 4.23. The predicted octanol–water partition coefficient (Wildman–Crippen LogP) is 2.17. The third-order valence-electron chi connectivity index (χ3n) is 2.10. The Morgan fingerprint density at radius 3 is 2.15 bits per heavy atom. The lowest BCUT2D eigenvalue weighted by atomic mass is 9.90. The fourth-order valence-electron chi connectivity index (χ4n) is 1.19. The first-order chi connectivity index (χ1) is 5.86. The zero-order chi connectivity index (χ0) is 10.6. The standard InChI is InChI=1S/C11H20O2/c1-7(2)6-10(12)9(5)11(13)8(3)4/h7,9,11,13H,3,6H2,1-2,4-5H3/t9-,11-/m1/s1. The summed E-state index contributed by atoms with van der Waals surface area (Å²) in [5, 5.41) is 9.56. The molecule has 0 aliphatic heterocycles. The van der Waals surface area contributed by atoms with Gasteiger partial charge in [-0.1, -0.05) is 32.9 Å². The van der Waals surface area contributed by atoms with Gasteiger partial charge >= 0.3 is 0 Å². The number of aliphatic hydroxyl groups excluding tert-OH is 1. The Hall–Kier alpha value is -0.630. The number of carbonyl (C=O) groups excluding carboxylic acids is 1. The molecule has 0 saturated heterocycles. The quantitative estimate of drug-likeness (QED) is 0.665. The topological polar surface area (TPSA) is 37.3 Å². The molecule has 13 heavy (non-hydrogen) atoms. The summed E-state index contributed by atoms with van der Waals surface area (Å²) in [4.78, 5) is 11.5. The van der Waals surface area contributed by atoms with Crippen LogP contribution in [-0.2, 0) is 4.79 Å². The molecule has 0 aromatic rings. The van der Waals surface area contributed by atoms with E-state index in [0.29, 0.717) is 17.9 Å². The molecule has 0 amide bonds. The number of aliphatic hydroxyl groups is 1. The van der Waals surface area contributed by atoms with Gasteiger partial charge in [-0.2, -0.15) is 0 Å². The molecule has 0 heterocycles. The summed E-state index contributed by atoms with van der Waals surface area (Å²) in [7, 11) is 0. The van der Waals surface area contributed by atoms with Crippen LogP contribution in [0.1, 0.15) is 34.1 Å². The summed E-state index contributed by atoms with van der Waals surface area (Å²) in [5.41, 5.74) is 0.657. The number of ketones is 1. The van der Waals surface area contributed by atoms with Gasteiger partial charge in [0.2, 0.25) is 0 Å². The highest BCUT2D eigenvalue weighted by Crippen LogP contribution is 2.15. The van der Waals surface area contributed by atoms with Crippen LogP contribution < -0.4 is 0 Å². The highest BCUT2D eigenvalue weighted by Gasteiger charge is 2.22. The van der Waals surface area contributed by atoms with E-state index in [1.54, 1.807) is 13.8 Å². The van der Waals surface area contributed by atoms with E-state index in [9.17, 15) is 9.90 Å². The molecule has 76 valence electrons. The van der Waals surface area contributed by atoms with Crippen molar-refractivity contribution in [3.8, 4) is 0 Å². The van der Waals surface area contributed by atoms with Crippen LogP contribution in [0.25, 0.3) is 0 Å². The average molecular weight is 184 g/mol. The fraction of sp³-hybridized carbons (Fsp3) is 0.727. The van der Waals surface area contributed by atoms with Gasteiger partial charge in [-0.25, -0.2) is 0 Å². The van der Waals surface area contributed by atoms with E-state index in [1.165, 1.54) is 0 Å². The first-order valence-electron chi connectivity index (χ1n) is 4.72. The van der Waals surface area contributed by atoms with Crippen molar-refractivity contribution < 1.29 is 9.90 Å². The molecule has 0 saturated carbocycles. The first-order valence-corrected chi connectivity index (χ1v) is 4.72. The van der Waals surface area contributed by atoms with Gasteiger partial charge in [0, 0.05) is 12.3 Å². The van der Waals surface area contributed by atoms with E-state index >= 15 is 0 Å². The van der Waals surface area contributed by atoms with E-state index in [0.717, 1.165) is 0 Å². The van der Waals surface area contributed by atoms with Gasteiger partial charge in [0.1, 0.15) is 5.78 Å². The highest BCUT2D eigenvalue weighted by atomic mass is 16.3. The Kier molecular flexibility index (Phi) is 4.92. The minimum atomic E-state index is -0.689. The zero-order valence-electron chi connectivity index (χ0n) is 9.00. The molecule has 0 aliphatic carbocycles. The second-order valence-electron chi connectivity index (χ2n) is 4.14. The van der Waals surface area contributed by atoms with E-state index in [2.05, 4.69) is 6.58 Å². The van der Waals surface area contributed by atoms with E-state index in [-0.39, 0.29) is 11.7 Å². The van der Waals surface area contributed by atoms with Gasteiger partial charge in [-0.15, -0.1) is 0 Å². The lowest BCUT2D eigenvalue weighted by Crippen LogP contribution is -2.27. The van der Waals surface area contributed by atoms with Crippen LogP contribution in [0.15, 0.2) is 12.2 Å². The summed E-state index contributed by atoms with van der Waals surface area (Å²) in [6, 6.07) is 0. The second-order valence-corrected chi connectivity index (χ2v) is 4.14. The molecule has 0 fully saturated rings. The third-order valence-corrected chi connectivity index (χ3v) is 2.10. The molecular weight excluding hydrogens is 164 g/mol. The van der Waals surface area contributed by atoms with E-state index < -0.39 is 6.10 Å². The van der Waals surface area contributed by atoms with Gasteiger partial charge in [0.15, 0.2) is 0 Å².